The molecule has 0 atom stereocenters. The fraction of sp³-hybridized carbons (Fsp3) is 0.435. The van der Waals surface area contributed by atoms with Crippen LogP contribution in [-0.4, -0.2) is 78.0 Å². The summed E-state index contributed by atoms with van der Waals surface area (Å²) in [6, 6.07) is 7.88. The maximum atomic E-state index is 12.6. The van der Waals surface area contributed by atoms with E-state index in [1.165, 1.54) is 0 Å². The number of hydrogen-bond donors (Lipinski definition) is 1. The van der Waals surface area contributed by atoms with Crippen LogP contribution in [0.4, 0.5) is 0 Å². The third-order valence-electron chi connectivity index (χ3n) is 6.09. The van der Waals surface area contributed by atoms with E-state index in [1.807, 2.05) is 41.2 Å². The lowest BCUT2D eigenvalue weighted by Crippen LogP contribution is -2.35. The number of carbonyl (C=O) groups excluding carboxylic acids is 1. The Balaban J connectivity index is 1.21. The van der Waals surface area contributed by atoms with Crippen molar-refractivity contribution in [3.63, 3.8) is 0 Å². The van der Waals surface area contributed by atoms with E-state index in [0.29, 0.717) is 38.9 Å². The quantitative estimate of drug-likeness (QED) is 0.525. The number of carbonyl (C=O) groups is 2. The number of carboxylic acids is 1. The molecule has 10 nitrogen and oxygen atoms in total. The van der Waals surface area contributed by atoms with Crippen LogP contribution in [-0.2, 0) is 29.1 Å². The molecular formula is C23H29N7O3. The Morgan fingerprint density at radius 1 is 1.18 bits per heavy atom. The van der Waals surface area contributed by atoms with Crippen LogP contribution in [0.5, 0.6) is 0 Å². The second-order valence-electron chi connectivity index (χ2n) is 8.49. The molecule has 1 amide bonds. The zero-order valence-corrected chi connectivity index (χ0v) is 18.7. The molecule has 174 valence electrons. The first kappa shape index (κ1) is 22.7. The maximum Gasteiger partial charge on any atom is 0.306 e. The van der Waals surface area contributed by atoms with Crippen LogP contribution in [0.3, 0.4) is 0 Å². The van der Waals surface area contributed by atoms with Gasteiger partial charge in [0, 0.05) is 44.4 Å². The average Bonchev–Trinajstić information content (AvgIpc) is 3.51. The van der Waals surface area contributed by atoms with Gasteiger partial charge >= 0.3 is 5.97 Å². The number of aliphatic carboxylic acids is 1. The third kappa shape index (κ3) is 6.04. The van der Waals surface area contributed by atoms with E-state index in [-0.39, 0.29) is 11.8 Å². The summed E-state index contributed by atoms with van der Waals surface area (Å²) in [5.74, 6) is -0.891. The van der Waals surface area contributed by atoms with E-state index in [1.54, 1.807) is 29.2 Å². The molecule has 1 aliphatic heterocycles. The highest BCUT2D eigenvalue weighted by Crippen LogP contribution is 2.18. The van der Waals surface area contributed by atoms with Crippen molar-refractivity contribution in [2.45, 2.75) is 32.4 Å². The van der Waals surface area contributed by atoms with Crippen molar-refractivity contribution in [2.24, 2.45) is 5.92 Å². The molecule has 1 aromatic carbocycles. The molecular weight excluding hydrogens is 422 g/mol. The van der Waals surface area contributed by atoms with Crippen LogP contribution in [0.25, 0.3) is 5.69 Å². The molecule has 0 bridgehead atoms. The molecule has 1 N–H and O–H groups in total. The van der Waals surface area contributed by atoms with Crippen molar-refractivity contribution >= 4 is 11.9 Å². The summed E-state index contributed by atoms with van der Waals surface area (Å²) in [4.78, 5) is 31.7. The molecule has 0 radical (unpaired) electrons. The first-order valence-corrected chi connectivity index (χ1v) is 11.1. The molecule has 0 unspecified atom stereocenters. The van der Waals surface area contributed by atoms with E-state index in [2.05, 4.69) is 20.2 Å². The fourth-order valence-corrected chi connectivity index (χ4v) is 3.97. The van der Waals surface area contributed by atoms with Gasteiger partial charge < -0.3 is 14.6 Å². The van der Waals surface area contributed by atoms with Crippen molar-refractivity contribution in [1.29, 1.82) is 0 Å². The van der Waals surface area contributed by atoms with E-state index in [0.717, 1.165) is 30.0 Å². The van der Waals surface area contributed by atoms with Gasteiger partial charge in [0.1, 0.15) is 0 Å². The average molecular weight is 452 g/mol. The number of likely N-dealkylation sites (tertiary alicyclic amines) is 1. The summed E-state index contributed by atoms with van der Waals surface area (Å²) in [6.07, 6.45) is 8.93. The van der Waals surface area contributed by atoms with Gasteiger partial charge in [0.2, 0.25) is 5.91 Å². The van der Waals surface area contributed by atoms with Gasteiger partial charge in [-0.3, -0.25) is 19.2 Å². The molecule has 3 heterocycles. The lowest BCUT2D eigenvalue weighted by atomic mass is 9.97. The van der Waals surface area contributed by atoms with Crippen molar-refractivity contribution in [2.75, 3.05) is 26.7 Å². The first-order chi connectivity index (χ1) is 16.0. The van der Waals surface area contributed by atoms with Gasteiger partial charge in [0.15, 0.2) is 0 Å². The Kier molecular flexibility index (Phi) is 7.13. The fourth-order valence-electron chi connectivity index (χ4n) is 3.97. The highest BCUT2D eigenvalue weighted by molar-refractivity contribution is 5.78. The second-order valence-corrected chi connectivity index (χ2v) is 8.49. The Bertz CT molecular complexity index is 1050. The normalized spacial score (nSPS) is 14.9. The van der Waals surface area contributed by atoms with Gasteiger partial charge in [-0.05, 0) is 43.6 Å². The number of hydrogen-bond acceptors (Lipinski definition) is 6. The maximum absolute atomic E-state index is 12.6. The van der Waals surface area contributed by atoms with Gasteiger partial charge in [0.25, 0.3) is 0 Å². The zero-order chi connectivity index (χ0) is 23.2. The molecule has 2 aromatic heterocycles. The van der Waals surface area contributed by atoms with Crippen molar-refractivity contribution in [3.8, 4) is 5.69 Å². The summed E-state index contributed by atoms with van der Waals surface area (Å²) >= 11 is 0. The minimum Gasteiger partial charge on any atom is -0.481 e. The monoisotopic (exact) mass is 451 g/mol. The van der Waals surface area contributed by atoms with Gasteiger partial charge in [0.05, 0.1) is 30.9 Å². The van der Waals surface area contributed by atoms with Gasteiger partial charge in [-0.15, -0.1) is 5.10 Å². The standard InChI is InChI=1S/C23H29N7O3/c1-27(22(31)14-18-2-4-21(5-3-18)29-11-8-24-17-29)12-13-30-16-20(25-26-30)15-28-9-6-19(7-10-28)23(32)33/h2-5,8,11,16-17,19H,6-7,9-10,12-15H2,1H3,(H,32,33). The second kappa shape index (κ2) is 10.4. The zero-order valence-electron chi connectivity index (χ0n) is 18.7. The van der Waals surface area contributed by atoms with Gasteiger partial charge in [-0.1, -0.05) is 17.3 Å². The largest absolute Gasteiger partial charge is 0.481 e. The number of nitrogens with zero attached hydrogens (tertiary/aromatic N) is 7. The number of carboxylic acid groups (broad SMARTS) is 1. The van der Waals surface area contributed by atoms with Crippen LogP contribution in [0.15, 0.2) is 49.2 Å². The number of amides is 1. The smallest absolute Gasteiger partial charge is 0.306 e. The first-order valence-electron chi connectivity index (χ1n) is 11.1. The highest BCUT2D eigenvalue weighted by atomic mass is 16.4. The number of rotatable bonds is 9. The number of benzene rings is 1. The van der Waals surface area contributed by atoms with Crippen LogP contribution in [0.2, 0.25) is 0 Å². The van der Waals surface area contributed by atoms with Crippen molar-refractivity contribution in [3.05, 3.63) is 60.4 Å². The number of aromatic nitrogens is 5. The van der Waals surface area contributed by atoms with E-state index in [9.17, 15) is 9.59 Å². The molecule has 0 aliphatic carbocycles. The van der Waals surface area contributed by atoms with Crippen molar-refractivity contribution < 1.29 is 14.7 Å². The van der Waals surface area contributed by atoms with Crippen LogP contribution >= 0.6 is 0 Å². The minimum atomic E-state index is -0.703. The molecule has 4 rings (SSSR count). The summed E-state index contributed by atoms with van der Waals surface area (Å²) in [6.45, 7) is 3.28. The highest BCUT2D eigenvalue weighted by Gasteiger charge is 2.24. The van der Waals surface area contributed by atoms with Gasteiger partial charge in [-0.25, -0.2) is 4.98 Å². The lowest BCUT2D eigenvalue weighted by molar-refractivity contribution is -0.143. The van der Waals surface area contributed by atoms with E-state index in [4.69, 9.17) is 5.11 Å². The number of imidazole rings is 1. The topological polar surface area (TPSA) is 109 Å². The van der Waals surface area contributed by atoms with Crippen LogP contribution in [0.1, 0.15) is 24.1 Å². The third-order valence-corrected chi connectivity index (χ3v) is 6.09. The molecule has 1 saturated heterocycles. The predicted molar refractivity (Wildman–Crippen MR) is 121 cm³/mol. The van der Waals surface area contributed by atoms with Crippen molar-refractivity contribution in [1.82, 2.24) is 34.3 Å². The molecule has 1 aliphatic rings. The van der Waals surface area contributed by atoms with Gasteiger partial charge in [-0.2, -0.15) is 0 Å². The predicted octanol–water partition coefficient (Wildman–Crippen LogP) is 1.46. The molecule has 0 spiro atoms. The summed E-state index contributed by atoms with van der Waals surface area (Å²) in [5, 5.41) is 17.5. The molecule has 0 saturated carbocycles. The molecule has 1 fully saturated rings. The Labute approximate surface area is 192 Å². The Morgan fingerprint density at radius 3 is 2.61 bits per heavy atom. The summed E-state index contributed by atoms with van der Waals surface area (Å²) in [5.41, 5.74) is 2.83. The SMILES string of the molecule is CN(CCn1cc(CN2CCC(C(=O)O)CC2)nn1)C(=O)Cc1ccc(-n2ccnc2)cc1. The molecule has 10 heteroatoms. The van der Waals surface area contributed by atoms with Crippen LogP contribution in [0, 0.1) is 5.92 Å². The lowest BCUT2D eigenvalue weighted by Gasteiger charge is -2.29. The number of likely N-dealkylation sites (N-methyl/N-ethyl adjacent to an activating group) is 1. The Morgan fingerprint density at radius 2 is 1.94 bits per heavy atom. The molecule has 33 heavy (non-hydrogen) atoms. The van der Waals surface area contributed by atoms with E-state index < -0.39 is 5.97 Å². The Hall–Kier alpha value is -3.53. The minimum absolute atomic E-state index is 0.0482. The number of piperidine rings is 1. The van der Waals surface area contributed by atoms with E-state index >= 15 is 0 Å². The summed E-state index contributed by atoms with van der Waals surface area (Å²) in [7, 11) is 1.80. The van der Waals surface area contributed by atoms with Crippen LogP contribution < -0.4 is 0 Å². The molecule has 3 aromatic rings. The summed E-state index contributed by atoms with van der Waals surface area (Å²) < 4.78 is 3.67.